The molecule has 0 aromatic carbocycles. The summed E-state index contributed by atoms with van der Waals surface area (Å²) in [5.74, 6) is 2.65. The fraction of sp³-hybridized carbons (Fsp3) is 0.875. The lowest BCUT2D eigenvalue weighted by Gasteiger charge is -2.44. The number of amides is 2. The highest BCUT2D eigenvalue weighted by molar-refractivity contribution is 7.99. The van der Waals surface area contributed by atoms with Gasteiger partial charge in [-0.1, -0.05) is 12.8 Å². The number of carbonyl (C=O) groups is 2. The molecule has 1 aliphatic carbocycles. The average molecular weight is 312 g/mol. The highest BCUT2D eigenvalue weighted by Gasteiger charge is 2.35. The molecule has 5 heteroatoms. The molecule has 0 radical (unpaired) electrons. The first-order chi connectivity index (χ1) is 10.2. The Kier molecular flexibility index (Phi) is 6.87. The first kappa shape index (κ1) is 16.7. The topological polar surface area (TPSA) is 49.4 Å². The van der Waals surface area contributed by atoms with Gasteiger partial charge in [-0.15, -0.1) is 0 Å². The first-order valence-electron chi connectivity index (χ1n) is 8.30. The van der Waals surface area contributed by atoms with Crippen LogP contribution in [0.3, 0.4) is 0 Å². The predicted octanol–water partition coefficient (Wildman–Crippen LogP) is 2.43. The zero-order valence-corrected chi connectivity index (χ0v) is 13.9. The van der Waals surface area contributed by atoms with Crippen LogP contribution in [0.5, 0.6) is 0 Å². The summed E-state index contributed by atoms with van der Waals surface area (Å²) in [6, 6.07) is 0.528. The largest absolute Gasteiger partial charge is 0.356 e. The van der Waals surface area contributed by atoms with Crippen molar-refractivity contribution < 1.29 is 9.59 Å². The lowest BCUT2D eigenvalue weighted by molar-refractivity contribution is -0.134. The summed E-state index contributed by atoms with van der Waals surface area (Å²) in [6.45, 7) is 3.21. The van der Waals surface area contributed by atoms with Crippen molar-refractivity contribution in [3.63, 3.8) is 0 Å². The summed E-state index contributed by atoms with van der Waals surface area (Å²) in [5, 5.41) is 2.79. The molecule has 1 saturated carbocycles. The molecule has 2 aliphatic rings. The molecule has 2 atom stereocenters. The molecule has 0 spiro atoms. The molecular weight excluding hydrogens is 284 g/mol. The van der Waals surface area contributed by atoms with Crippen LogP contribution < -0.4 is 5.32 Å². The quantitative estimate of drug-likeness (QED) is 0.766. The minimum absolute atomic E-state index is 0.0210. The fourth-order valence-electron chi connectivity index (χ4n) is 3.62. The maximum Gasteiger partial charge on any atom is 0.232 e. The molecule has 0 bridgehead atoms. The van der Waals surface area contributed by atoms with E-state index in [0.29, 0.717) is 24.2 Å². The normalized spacial score (nSPS) is 25.3. The van der Waals surface area contributed by atoms with E-state index in [2.05, 4.69) is 10.2 Å². The van der Waals surface area contributed by atoms with Crippen LogP contribution in [0.1, 0.15) is 51.9 Å². The second kappa shape index (κ2) is 8.66. The Labute approximate surface area is 132 Å². The van der Waals surface area contributed by atoms with E-state index >= 15 is 0 Å². The molecule has 0 unspecified atom stereocenters. The van der Waals surface area contributed by atoms with E-state index in [1.807, 2.05) is 0 Å². The van der Waals surface area contributed by atoms with Gasteiger partial charge < -0.3 is 10.2 Å². The maximum atomic E-state index is 12.4. The third kappa shape index (κ3) is 5.20. The summed E-state index contributed by atoms with van der Waals surface area (Å²) in [6.07, 6.45) is 8.60. The monoisotopic (exact) mass is 312 g/mol. The number of fused-ring (bicyclic) bond motifs is 1. The number of thioether (sulfide) groups is 1. The van der Waals surface area contributed by atoms with Gasteiger partial charge in [-0.2, -0.15) is 11.8 Å². The van der Waals surface area contributed by atoms with Crippen LogP contribution in [0.2, 0.25) is 0 Å². The lowest BCUT2D eigenvalue weighted by Crippen LogP contribution is -2.50. The van der Waals surface area contributed by atoms with E-state index in [1.165, 1.54) is 45.4 Å². The number of carbonyl (C=O) groups excluding carboxylic acids is 2. The third-order valence-corrected chi connectivity index (χ3v) is 5.66. The summed E-state index contributed by atoms with van der Waals surface area (Å²) in [7, 11) is 0. The van der Waals surface area contributed by atoms with Crippen molar-refractivity contribution in [3.8, 4) is 0 Å². The summed E-state index contributed by atoms with van der Waals surface area (Å²) >= 11 is 1.70. The number of likely N-dealkylation sites (tertiary alicyclic amines) is 1. The Morgan fingerprint density at radius 2 is 1.95 bits per heavy atom. The summed E-state index contributed by atoms with van der Waals surface area (Å²) < 4.78 is 0. The van der Waals surface area contributed by atoms with Crippen LogP contribution in [0.4, 0.5) is 0 Å². The molecule has 120 valence electrons. The standard InChI is InChI=1S/C16H28N2O2S/c1-13(19)17-9-5-11-21-12-16(20)18-10-4-7-14-6-2-3-8-15(14)18/h14-15H,2-12H2,1H3,(H,17,19)/t14-,15+/m1/s1. The van der Waals surface area contributed by atoms with Gasteiger partial charge in [0, 0.05) is 26.1 Å². The van der Waals surface area contributed by atoms with E-state index in [4.69, 9.17) is 0 Å². The number of nitrogens with zero attached hydrogens (tertiary/aromatic N) is 1. The molecule has 2 fully saturated rings. The van der Waals surface area contributed by atoms with Crippen molar-refractivity contribution in [2.45, 2.75) is 57.9 Å². The molecule has 1 heterocycles. The molecule has 0 aromatic heterocycles. The average Bonchev–Trinajstić information content (AvgIpc) is 2.49. The number of rotatable bonds is 6. The molecule has 1 aliphatic heterocycles. The predicted molar refractivity (Wildman–Crippen MR) is 87.3 cm³/mol. The first-order valence-corrected chi connectivity index (χ1v) is 9.45. The minimum Gasteiger partial charge on any atom is -0.356 e. The smallest absolute Gasteiger partial charge is 0.232 e. The SMILES string of the molecule is CC(=O)NCCCSCC(=O)N1CCC[C@H]2CCCC[C@@H]21. The number of hydrogen-bond acceptors (Lipinski definition) is 3. The van der Waals surface area contributed by atoms with Crippen molar-refractivity contribution in [1.82, 2.24) is 10.2 Å². The van der Waals surface area contributed by atoms with Crippen molar-refractivity contribution in [3.05, 3.63) is 0 Å². The van der Waals surface area contributed by atoms with Gasteiger partial charge in [0.1, 0.15) is 0 Å². The molecule has 21 heavy (non-hydrogen) atoms. The Bertz CT molecular complexity index is 360. The second-order valence-corrected chi connectivity index (χ2v) is 7.34. The Hall–Kier alpha value is -0.710. The molecule has 4 nitrogen and oxygen atoms in total. The van der Waals surface area contributed by atoms with Crippen molar-refractivity contribution in [2.24, 2.45) is 5.92 Å². The van der Waals surface area contributed by atoms with E-state index in [0.717, 1.165) is 24.6 Å². The van der Waals surface area contributed by atoms with Crippen molar-refractivity contribution >= 4 is 23.6 Å². The molecular formula is C16H28N2O2S. The Morgan fingerprint density at radius 3 is 2.76 bits per heavy atom. The maximum absolute atomic E-state index is 12.4. The van der Waals surface area contributed by atoms with Gasteiger partial charge in [-0.25, -0.2) is 0 Å². The van der Waals surface area contributed by atoms with Crippen molar-refractivity contribution in [2.75, 3.05) is 24.6 Å². The zero-order chi connectivity index (χ0) is 15.1. The van der Waals surface area contributed by atoms with E-state index in [9.17, 15) is 9.59 Å². The number of piperidine rings is 1. The van der Waals surface area contributed by atoms with E-state index in [1.54, 1.807) is 11.8 Å². The van der Waals surface area contributed by atoms with Crippen LogP contribution in [-0.2, 0) is 9.59 Å². The summed E-state index contributed by atoms with van der Waals surface area (Å²) in [5.41, 5.74) is 0. The van der Waals surface area contributed by atoms with Gasteiger partial charge in [-0.05, 0) is 43.8 Å². The molecule has 1 N–H and O–H groups in total. The fourth-order valence-corrected chi connectivity index (χ4v) is 4.45. The summed E-state index contributed by atoms with van der Waals surface area (Å²) in [4.78, 5) is 25.4. The van der Waals surface area contributed by atoms with Gasteiger partial charge in [0.2, 0.25) is 11.8 Å². The zero-order valence-electron chi connectivity index (χ0n) is 13.1. The van der Waals surface area contributed by atoms with Crippen molar-refractivity contribution in [1.29, 1.82) is 0 Å². The van der Waals surface area contributed by atoms with Gasteiger partial charge in [-0.3, -0.25) is 9.59 Å². The lowest BCUT2D eigenvalue weighted by atomic mass is 9.78. The van der Waals surface area contributed by atoms with Crippen LogP contribution in [0.15, 0.2) is 0 Å². The molecule has 1 saturated heterocycles. The third-order valence-electron chi connectivity index (χ3n) is 4.63. The molecule has 2 rings (SSSR count). The second-order valence-electron chi connectivity index (χ2n) is 6.23. The minimum atomic E-state index is 0.0210. The molecule has 0 aromatic rings. The number of hydrogen-bond donors (Lipinski definition) is 1. The number of nitrogens with one attached hydrogen (secondary N) is 1. The van der Waals surface area contributed by atoms with Gasteiger partial charge in [0.15, 0.2) is 0 Å². The van der Waals surface area contributed by atoms with Gasteiger partial charge in [0.05, 0.1) is 5.75 Å². The van der Waals surface area contributed by atoms with Crippen LogP contribution in [0.25, 0.3) is 0 Å². The Morgan fingerprint density at radius 1 is 1.19 bits per heavy atom. The van der Waals surface area contributed by atoms with Gasteiger partial charge in [0.25, 0.3) is 0 Å². The van der Waals surface area contributed by atoms with Crippen LogP contribution in [-0.4, -0.2) is 47.4 Å². The van der Waals surface area contributed by atoms with Crippen LogP contribution >= 0.6 is 11.8 Å². The highest BCUT2D eigenvalue weighted by atomic mass is 32.2. The Balaban J connectivity index is 1.66. The molecule has 2 amide bonds. The van der Waals surface area contributed by atoms with Crippen LogP contribution in [0, 0.1) is 5.92 Å². The highest BCUT2D eigenvalue weighted by Crippen LogP contribution is 2.35. The van der Waals surface area contributed by atoms with E-state index < -0.39 is 0 Å². The van der Waals surface area contributed by atoms with Gasteiger partial charge >= 0.3 is 0 Å². The van der Waals surface area contributed by atoms with E-state index in [-0.39, 0.29) is 5.91 Å².